The van der Waals surface area contributed by atoms with Crippen LogP contribution in [0, 0.1) is 13.8 Å². The Kier molecular flexibility index (Phi) is 7.66. The van der Waals surface area contributed by atoms with Crippen LogP contribution in [0.25, 0.3) is 0 Å². The van der Waals surface area contributed by atoms with Crippen LogP contribution >= 0.6 is 11.6 Å². The van der Waals surface area contributed by atoms with E-state index in [0.29, 0.717) is 11.4 Å². The lowest BCUT2D eigenvalue weighted by molar-refractivity contribution is -0.114. The topological polar surface area (TPSA) is 75.7 Å². The molecule has 0 saturated carbocycles. The van der Waals surface area contributed by atoms with Crippen LogP contribution in [0.3, 0.4) is 0 Å². The van der Waals surface area contributed by atoms with Gasteiger partial charge in [-0.1, -0.05) is 54.4 Å². The number of hydrogen-bond acceptors (Lipinski definition) is 4. The fraction of sp³-hybridized carbons (Fsp3) is 0.240. The molecule has 1 N–H and O–H groups in total. The Hall–Kier alpha value is -3.03. The number of carbonyl (C=O) groups is 1. The Morgan fingerprint density at radius 2 is 1.76 bits per heavy atom. The fourth-order valence-electron chi connectivity index (χ4n) is 3.47. The minimum Gasteiger partial charge on any atom is -0.495 e. The van der Waals surface area contributed by atoms with E-state index in [2.05, 4.69) is 5.32 Å². The quantitative estimate of drug-likeness (QED) is 0.465. The highest BCUT2D eigenvalue weighted by Crippen LogP contribution is 2.32. The number of nitrogens with one attached hydrogen (secondary N) is 1. The van der Waals surface area contributed by atoms with Crippen LogP contribution in [-0.4, -0.2) is 28.0 Å². The Balaban J connectivity index is 2.01. The summed E-state index contributed by atoms with van der Waals surface area (Å²) < 4.78 is 33.4. The molecule has 0 radical (unpaired) electrons. The van der Waals surface area contributed by atoms with Gasteiger partial charge in [0.1, 0.15) is 12.3 Å². The maximum atomic E-state index is 13.6. The second-order valence-electron chi connectivity index (χ2n) is 7.65. The van der Waals surface area contributed by atoms with Crippen LogP contribution in [0.4, 0.5) is 11.4 Å². The first-order chi connectivity index (χ1) is 15.7. The molecule has 3 aromatic carbocycles. The van der Waals surface area contributed by atoms with Gasteiger partial charge in [0.05, 0.1) is 22.7 Å². The molecule has 174 valence electrons. The maximum absolute atomic E-state index is 13.6. The minimum atomic E-state index is -4.05. The lowest BCUT2D eigenvalue weighted by Crippen LogP contribution is -2.38. The van der Waals surface area contributed by atoms with Gasteiger partial charge in [-0.05, 0) is 61.7 Å². The molecule has 0 saturated heterocycles. The van der Waals surface area contributed by atoms with Crippen LogP contribution in [0.2, 0.25) is 5.02 Å². The maximum Gasteiger partial charge on any atom is 0.264 e. The van der Waals surface area contributed by atoms with Gasteiger partial charge in [0.2, 0.25) is 5.91 Å². The number of carbonyl (C=O) groups excluding carboxylic acids is 1. The number of rotatable bonds is 8. The zero-order chi connectivity index (χ0) is 24.2. The summed E-state index contributed by atoms with van der Waals surface area (Å²) in [7, 11) is -2.57. The van der Waals surface area contributed by atoms with Crippen LogP contribution in [0.5, 0.6) is 5.75 Å². The van der Waals surface area contributed by atoms with E-state index in [9.17, 15) is 13.2 Å². The first kappa shape index (κ1) is 24.6. The number of benzene rings is 3. The van der Waals surface area contributed by atoms with Gasteiger partial charge in [0, 0.05) is 5.69 Å². The highest BCUT2D eigenvalue weighted by molar-refractivity contribution is 7.92. The fourth-order valence-corrected chi connectivity index (χ4v) is 5.14. The molecule has 1 amide bonds. The monoisotopic (exact) mass is 486 g/mol. The average molecular weight is 487 g/mol. The summed E-state index contributed by atoms with van der Waals surface area (Å²) in [6.45, 7) is 5.35. The first-order valence-electron chi connectivity index (χ1n) is 10.5. The van der Waals surface area contributed by atoms with Crippen molar-refractivity contribution < 1.29 is 17.9 Å². The van der Waals surface area contributed by atoms with Crippen molar-refractivity contribution in [2.24, 2.45) is 0 Å². The highest BCUT2D eigenvalue weighted by atomic mass is 35.5. The van der Waals surface area contributed by atoms with Gasteiger partial charge < -0.3 is 10.1 Å². The summed E-state index contributed by atoms with van der Waals surface area (Å²) in [4.78, 5) is 13.2. The van der Waals surface area contributed by atoms with Gasteiger partial charge in [-0.15, -0.1) is 0 Å². The van der Waals surface area contributed by atoms with Gasteiger partial charge >= 0.3 is 0 Å². The van der Waals surface area contributed by atoms with E-state index in [4.69, 9.17) is 16.3 Å². The molecule has 6 nitrogen and oxygen atoms in total. The number of amides is 1. The number of anilines is 2. The zero-order valence-corrected chi connectivity index (χ0v) is 20.6. The molecule has 0 fully saturated rings. The third-order valence-electron chi connectivity index (χ3n) is 5.32. The van der Waals surface area contributed by atoms with E-state index in [-0.39, 0.29) is 15.6 Å². The van der Waals surface area contributed by atoms with E-state index in [1.807, 2.05) is 39.0 Å². The number of para-hydroxylation sites is 1. The number of hydrogen-bond donors (Lipinski definition) is 1. The lowest BCUT2D eigenvalue weighted by atomic mass is 10.1. The molecule has 0 bridgehead atoms. The molecular weight excluding hydrogens is 460 g/mol. The molecule has 0 spiro atoms. The van der Waals surface area contributed by atoms with E-state index >= 15 is 0 Å². The standard InChI is InChI=1S/C25H27ClN2O4S/c1-5-19-8-6-7-18(3)25(19)27-24(29)16-28(20-11-14-23(32-4)22(26)15-20)33(30,31)21-12-9-17(2)10-13-21/h6-15H,5,16H2,1-4H3,(H,27,29). The van der Waals surface area contributed by atoms with Crippen molar-refractivity contribution in [2.75, 3.05) is 23.3 Å². The number of halogens is 1. The molecule has 3 aromatic rings. The number of sulfonamides is 1. The van der Waals surface area contributed by atoms with Crippen molar-refractivity contribution in [3.05, 3.63) is 82.4 Å². The number of methoxy groups -OCH3 is 1. The number of aryl methyl sites for hydroxylation is 3. The van der Waals surface area contributed by atoms with E-state index in [1.54, 1.807) is 24.3 Å². The van der Waals surface area contributed by atoms with Crippen molar-refractivity contribution >= 4 is 38.9 Å². The van der Waals surface area contributed by atoms with Crippen molar-refractivity contribution in [1.82, 2.24) is 0 Å². The molecule has 0 aliphatic carbocycles. The van der Waals surface area contributed by atoms with Crippen LogP contribution in [0.1, 0.15) is 23.6 Å². The third kappa shape index (κ3) is 5.49. The van der Waals surface area contributed by atoms with Gasteiger partial charge in [-0.3, -0.25) is 9.10 Å². The molecule has 0 aliphatic heterocycles. The van der Waals surface area contributed by atoms with Crippen LogP contribution < -0.4 is 14.4 Å². The van der Waals surface area contributed by atoms with E-state index < -0.39 is 22.5 Å². The smallest absolute Gasteiger partial charge is 0.264 e. The third-order valence-corrected chi connectivity index (χ3v) is 7.41. The summed E-state index contributed by atoms with van der Waals surface area (Å²) in [6, 6.07) is 16.9. The Labute approximate surface area is 200 Å². The van der Waals surface area contributed by atoms with Crippen LogP contribution in [-0.2, 0) is 21.2 Å². The predicted octanol–water partition coefficient (Wildman–Crippen LogP) is 5.36. The predicted molar refractivity (Wildman–Crippen MR) is 133 cm³/mol. The molecule has 8 heteroatoms. The van der Waals surface area contributed by atoms with Crippen molar-refractivity contribution in [3.63, 3.8) is 0 Å². The molecule has 0 atom stereocenters. The molecule has 0 unspecified atom stereocenters. The van der Waals surface area contributed by atoms with Gasteiger partial charge in [0.25, 0.3) is 10.0 Å². The highest BCUT2D eigenvalue weighted by Gasteiger charge is 2.28. The Morgan fingerprint density at radius 1 is 1.06 bits per heavy atom. The minimum absolute atomic E-state index is 0.0815. The molecule has 33 heavy (non-hydrogen) atoms. The molecule has 3 rings (SSSR count). The summed E-state index contributed by atoms with van der Waals surface area (Å²) in [5, 5.41) is 3.14. The van der Waals surface area contributed by atoms with Crippen LogP contribution in [0.15, 0.2) is 65.6 Å². The molecule has 0 aliphatic rings. The second kappa shape index (κ2) is 10.3. The molecule has 0 aromatic heterocycles. The molecular formula is C25H27ClN2O4S. The largest absolute Gasteiger partial charge is 0.495 e. The van der Waals surface area contributed by atoms with Gasteiger partial charge in [-0.25, -0.2) is 8.42 Å². The number of nitrogens with zero attached hydrogens (tertiary/aromatic N) is 1. The molecule has 0 heterocycles. The summed E-state index contributed by atoms with van der Waals surface area (Å²) in [5.74, 6) is -0.0494. The van der Waals surface area contributed by atoms with E-state index in [1.165, 1.54) is 25.3 Å². The second-order valence-corrected chi connectivity index (χ2v) is 9.92. The number of ether oxygens (including phenoxy) is 1. The van der Waals surface area contributed by atoms with E-state index in [0.717, 1.165) is 27.4 Å². The summed E-state index contributed by atoms with van der Waals surface area (Å²) >= 11 is 6.27. The Morgan fingerprint density at radius 3 is 2.36 bits per heavy atom. The Bertz CT molecular complexity index is 1260. The lowest BCUT2D eigenvalue weighted by Gasteiger charge is -2.25. The zero-order valence-electron chi connectivity index (χ0n) is 19.1. The first-order valence-corrected chi connectivity index (χ1v) is 12.3. The average Bonchev–Trinajstić information content (AvgIpc) is 2.79. The van der Waals surface area contributed by atoms with Gasteiger partial charge in [0.15, 0.2) is 0 Å². The van der Waals surface area contributed by atoms with Crippen molar-refractivity contribution in [2.45, 2.75) is 32.1 Å². The normalized spacial score (nSPS) is 11.2. The summed E-state index contributed by atoms with van der Waals surface area (Å²) in [5.41, 5.74) is 3.77. The van der Waals surface area contributed by atoms with Crippen molar-refractivity contribution in [1.29, 1.82) is 0 Å². The van der Waals surface area contributed by atoms with Crippen molar-refractivity contribution in [3.8, 4) is 5.75 Å². The summed E-state index contributed by atoms with van der Waals surface area (Å²) in [6.07, 6.45) is 0.733. The SMILES string of the molecule is CCc1cccc(C)c1NC(=O)CN(c1ccc(OC)c(Cl)c1)S(=O)(=O)c1ccc(C)cc1. The van der Waals surface area contributed by atoms with Gasteiger partial charge in [-0.2, -0.15) is 0 Å².